The summed E-state index contributed by atoms with van der Waals surface area (Å²) in [6, 6.07) is 10.8. The molecule has 2 atom stereocenters. The predicted octanol–water partition coefficient (Wildman–Crippen LogP) is 2.65. The van der Waals surface area contributed by atoms with Crippen LogP contribution in [-0.2, 0) is 11.2 Å². The van der Waals surface area contributed by atoms with Crippen LogP contribution in [0.1, 0.15) is 24.8 Å². The number of benzene rings is 1. The van der Waals surface area contributed by atoms with E-state index >= 15 is 0 Å². The molecule has 1 aromatic rings. The molecule has 1 aliphatic heterocycles. The van der Waals surface area contributed by atoms with Crippen LogP contribution < -0.4 is 5.32 Å². The van der Waals surface area contributed by atoms with E-state index in [0.717, 1.165) is 25.8 Å². The number of carboxylic acid groups (broad SMARTS) is 1. The maximum Gasteiger partial charge on any atom is 0.303 e. The van der Waals surface area contributed by atoms with Crippen molar-refractivity contribution in [2.45, 2.75) is 31.7 Å². The second-order valence-corrected chi connectivity index (χ2v) is 4.83. The number of piperidine rings is 1. The molecule has 0 spiro atoms. The summed E-state index contributed by atoms with van der Waals surface area (Å²) in [4.78, 5) is 10.7. The predicted molar refractivity (Wildman–Crippen MR) is 77.2 cm³/mol. The van der Waals surface area contributed by atoms with Crippen molar-refractivity contribution in [3.05, 3.63) is 35.9 Å². The molecule has 0 aliphatic carbocycles. The van der Waals surface area contributed by atoms with E-state index in [2.05, 4.69) is 17.4 Å². The van der Waals surface area contributed by atoms with Crippen molar-refractivity contribution in [1.82, 2.24) is 5.32 Å². The fourth-order valence-electron chi connectivity index (χ4n) is 2.58. The molecular weight excluding hydrogens is 294 g/mol. The van der Waals surface area contributed by atoms with E-state index < -0.39 is 5.97 Å². The number of carbonyl (C=O) groups is 1. The summed E-state index contributed by atoms with van der Waals surface area (Å²) in [5, 5.41) is 12.3. The largest absolute Gasteiger partial charge is 0.481 e. The molecule has 0 bridgehead atoms. The summed E-state index contributed by atoms with van der Waals surface area (Å²) < 4.78 is 0. The van der Waals surface area contributed by atoms with Crippen molar-refractivity contribution in [3.63, 3.8) is 0 Å². The Morgan fingerprint density at radius 2 is 2.06 bits per heavy atom. The molecule has 0 unspecified atom stereocenters. The van der Waals surface area contributed by atoms with Gasteiger partial charge in [0.2, 0.25) is 0 Å². The molecule has 100 valence electrons. The lowest BCUT2D eigenvalue weighted by atomic mass is 9.87. The number of hydrogen-bond donors (Lipinski definition) is 2. The molecule has 1 saturated heterocycles. The minimum atomic E-state index is -0.671. The topological polar surface area (TPSA) is 49.3 Å². The molecular formula is C14H20BrNO2. The summed E-state index contributed by atoms with van der Waals surface area (Å²) >= 11 is 0. The normalized spacial score (nSPS) is 23.1. The highest BCUT2D eigenvalue weighted by atomic mass is 79.9. The lowest BCUT2D eigenvalue weighted by molar-refractivity contribution is -0.138. The summed E-state index contributed by atoms with van der Waals surface area (Å²) in [5.41, 5.74) is 1.32. The highest BCUT2D eigenvalue weighted by Gasteiger charge is 2.23. The molecule has 1 aliphatic rings. The summed E-state index contributed by atoms with van der Waals surface area (Å²) in [7, 11) is 0. The van der Waals surface area contributed by atoms with Gasteiger partial charge in [-0.3, -0.25) is 4.79 Å². The standard InChI is InChI=1S/C14H19NO2.BrH/c16-14(17)10-12-6-7-15-13(9-12)8-11-4-2-1-3-5-11;/h1-5,12-13,15H,6-10H2,(H,16,17);1H/t12-,13+;/m1./s1. The molecule has 0 amide bonds. The van der Waals surface area contributed by atoms with Gasteiger partial charge in [-0.25, -0.2) is 0 Å². The quantitative estimate of drug-likeness (QED) is 0.898. The Bertz CT molecular complexity index is 369. The van der Waals surface area contributed by atoms with Crippen LogP contribution in [0.5, 0.6) is 0 Å². The van der Waals surface area contributed by atoms with Crippen molar-refractivity contribution < 1.29 is 9.90 Å². The third kappa shape index (κ3) is 4.78. The fraction of sp³-hybridized carbons (Fsp3) is 0.500. The van der Waals surface area contributed by atoms with Gasteiger partial charge in [0.1, 0.15) is 0 Å². The van der Waals surface area contributed by atoms with E-state index in [1.54, 1.807) is 0 Å². The molecule has 1 aromatic carbocycles. The van der Waals surface area contributed by atoms with Gasteiger partial charge in [0.15, 0.2) is 0 Å². The first-order valence-electron chi connectivity index (χ1n) is 6.23. The van der Waals surface area contributed by atoms with Gasteiger partial charge in [-0.1, -0.05) is 30.3 Å². The van der Waals surface area contributed by atoms with Crippen LogP contribution in [0.25, 0.3) is 0 Å². The molecule has 0 saturated carbocycles. The maximum absolute atomic E-state index is 10.7. The van der Waals surface area contributed by atoms with Crippen LogP contribution in [0.15, 0.2) is 30.3 Å². The maximum atomic E-state index is 10.7. The molecule has 0 radical (unpaired) electrons. The van der Waals surface area contributed by atoms with Crippen LogP contribution in [0.4, 0.5) is 0 Å². The zero-order valence-electron chi connectivity index (χ0n) is 10.3. The van der Waals surface area contributed by atoms with E-state index in [1.807, 2.05) is 18.2 Å². The molecule has 3 nitrogen and oxygen atoms in total. The average molecular weight is 314 g/mol. The lowest BCUT2D eigenvalue weighted by Crippen LogP contribution is -2.40. The zero-order chi connectivity index (χ0) is 12.1. The number of hydrogen-bond acceptors (Lipinski definition) is 2. The lowest BCUT2D eigenvalue weighted by Gasteiger charge is -2.29. The Kier molecular flexibility index (Phi) is 6.36. The van der Waals surface area contributed by atoms with E-state index in [0.29, 0.717) is 18.4 Å². The van der Waals surface area contributed by atoms with Crippen molar-refractivity contribution in [1.29, 1.82) is 0 Å². The van der Waals surface area contributed by atoms with Crippen LogP contribution in [0, 0.1) is 5.92 Å². The number of aliphatic carboxylic acids is 1. The SMILES string of the molecule is Br.O=C(O)C[C@@H]1CCN[C@@H](Cc2ccccc2)C1. The first-order chi connectivity index (χ1) is 8.24. The van der Waals surface area contributed by atoms with Gasteiger partial charge >= 0.3 is 5.97 Å². The van der Waals surface area contributed by atoms with Crippen LogP contribution in [0.2, 0.25) is 0 Å². The Morgan fingerprint density at radius 3 is 2.72 bits per heavy atom. The summed E-state index contributed by atoms with van der Waals surface area (Å²) in [6.07, 6.45) is 3.27. The van der Waals surface area contributed by atoms with Crippen LogP contribution in [-0.4, -0.2) is 23.7 Å². The van der Waals surface area contributed by atoms with Crippen molar-refractivity contribution in [3.8, 4) is 0 Å². The zero-order valence-corrected chi connectivity index (χ0v) is 12.1. The summed E-state index contributed by atoms with van der Waals surface area (Å²) in [6.45, 7) is 0.940. The molecule has 18 heavy (non-hydrogen) atoms. The van der Waals surface area contributed by atoms with Crippen molar-refractivity contribution in [2.75, 3.05) is 6.54 Å². The van der Waals surface area contributed by atoms with Gasteiger partial charge < -0.3 is 10.4 Å². The van der Waals surface area contributed by atoms with E-state index in [-0.39, 0.29) is 17.0 Å². The van der Waals surface area contributed by atoms with Crippen LogP contribution in [0.3, 0.4) is 0 Å². The Labute approximate surface area is 118 Å². The average Bonchev–Trinajstić information content (AvgIpc) is 2.30. The van der Waals surface area contributed by atoms with Crippen LogP contribution >= 0.6 is 17.0 Å². The minimum absolute atomic E-state index is 0. The first kappa shape index (κ1) is 15.2. The Hall–Kier alpha value is -0.870. The van der Waals surface area contributed by atoms with Crippen molar-refractivity contribution in [2.24, 2.45) is 5.92 Å². The second-order valence-electron chi connectivity index (χ2n) is 4.83. The second kappa shape index (κ2) is 7.54. The van der Waals surface area contributed by atoms with Gasteiger partial charge in [-0.2, -0.15) is 0 Å². The van der Waals surface area contributed by atoms with Gasteiger partial charge in [-0.15, -0.1) is 17.0 Å². The molecule has 1 fully saturated rings. The third-order valence-corrected chi connectivity index (χ3v) is 3.39. The molecule has 4 heteroatoms. The van der Waals surface area contributed by atoms with E-state index in [1.165, 1.54) is 5.56 Å². The molecule has 0 aromatic heterocycles. The van der Waals surface area contributed by atoms with Gasteiger partial charge in [0, 0.05) is 12.5 Å². The fourth-order valence-corrected chi connectivity index (χ4v) is 2.58. The summed E-state index contributed by atoms with van der Waals surface area (Å²) in [5.74, 6) is -0.335. The Balaban J connectivity index is 0.00000162. The monoisotopic (exact) mass is 313 g/mol. The van der Waals surface area contributed by atoms with Gasteiger partial charge in [0.25, 0.3) is 0 Å². The number of halogens is 1. The highest BCUT2D eigenvalue weighted by Crippen LogP contribution is 2.21. The first-order valence-corrected chi connectivity index (χ1v) is 6.23. The number of nitrogens with one attached hydrogen (secondary N) is 1. The number of rotatable bonds is 4. The minimum Gasteiger partial charge on any atom is -0.481 e. The van der Waals surface area contributed by atoms with Gasteiger partial charge in [-0.05, 0) is 37.3 Å². The molecule has 1 heterocycles. The molecule has 2 N–H and O–H groups in total. The van der Waals surface area contributed by atoms with Gasteiger partial charge in [0.05, 0.1) is 0 Å². The van der Waals surface area contributed by atoms with E-state index in [9.17, 15) is 4.79 Å². The van der Waals surface area contributed by atoms with Crippen molar-refractivity contribution >= 4 is 23.0 Å². The number of carboxylic acids is 1. The van der Waals surface area contributed by atoms with E-state index in [4.69, 9.17) is 5.11 Å². The molecule has 2 rings (SSSR count). The Morgan fingerprint density at radius 1 is 1.33 bits per heavy atom. The smallest absolute Gasteiger partial charge is 0.303 e. The highest BCUT2D eigenvalue weighted by molar-refractivity contribution is 8.93. The third-order valence-electron chi connectivity index (χ3n) is 3.39.